The van der Waals surface area contributed by atoms with Crippen molar-refractivity contribution in [2.75, 3.05) is 77.5 Å². The number of halogens is 4. The van der Waals surface area contributed by atoms with Crippen molar-refractivity contribution in [3.63, 3.8) is 0 Å². The number of morpholine rings is 1. The first-order valence-electron chi connectivity index (χ1n) is 10.7. The highest BCUT2D eigenvalue weighted by Gasteiger charge is 2.31. The molecule has 0 bridgehead atoms. The van der Waals surface area contributed by atoms with Gasteiger partial charge < -0.3 is 19.9 Å². The van der Waals surface area contributed by atoms with Crippen molar-refractivity contribution >= 4 is 35.6 Å². The Labute approximate surface area is 199 Å². The van der Waals surface area contributed by atoms with E-state index in [1.54, 1.807) is 13.1 Å². The highest BCUT2D eigenvalue weighted by atomic mass is 127. The van der Waals surface area contributed by atoms with Gasteiger partial charge in [0, 0.05) is 58.5 Å². The maximum absolute atomic E-state index is 13.0. The number of rotatable bonds is 6. The summed E-state index contributed by atoms with van der Waals surface area (Å²) in [5.41, 5.74) is 0.0209. The number of nitrogens with one attached hydrogen (secondary N) is 1. The molecular weight excluding hydrogens is 522 g/mol. The van der Waals surface area contributed by atoms with Crippen LogP contribution in [0.25, 0.3) is 0 Å². The van der Waals surface area contributed by atoms with Gasteiger partial charge in [0.2, 0.25) is 0 Å². The van der Waals surface area contributed by atoms with Crippen molar-refractivity contribution in [2.24, 2.45) is 4.99 Å². The Morgan fingerprint density at radius 1 is 1.06 bits per heavy atom. The van der Waals surface area contributed by atoms with Crippen LogP contribution in [0.15, 0.2) is 29.3 Å². The molecule has 0 radical (unpaired) electrons. The molecule has 2 heterocycles. The average Bonchev–Trinajstić information content (AvgIpc) is 2.77. The molecule has 0 amide bonds. The van der Waals surface area contributed by atoms with E-state index < -0.39 is 11.7 Å². The van der Waals surface area contributed by atoms with Gasteiger partial charge in [-0.15, -0.1) is 24.0 Å². The van der Waals surface area contributed by atoms with Crippen LogP contribution in [0.4, 0.5) is 18.9 Å². The number of anilines is 1. The fraction of sp³-hybridized carbons (Fsp3) is 0.667. The van der Waals surface area contributed by atoms with E-state index in [-0.39, 0.29) is 24.0 Å². The molecule has 1 aromatic carbocycles. The van der Waals surface area contributed by atoms with Crippen LogP contribution in [-0.4, -0.2) is 88.4 Å². The largest absolute Gasteiger partial charge is 0.416 e. The monoisotopic (exact) mass is 555 g/mol. The van der Waals surface area contributed by atoms with Crippen molar-refractivity contribution in [3.05, 3.63) is 29.8 Å². The molecule has 176 valence electrons. The van der Waals surface area contributed by atoms with E-state index in [9.17, 15) is 13.2 Å². The van der Waals surface area contributed by atoms with Crippen molar-refractivity contribution in [1.82, 2.24) is 15.1 Å². The van der Waals surface area contributed by atoms with Crippen molar-refractivity contribution < 1.29 is 17.9 Å². The van der Waals surface area contributed by atoms with Gasteiger partial charge in [0.05, 0.1) is 18.8 Å². The van der Waals surface area contributed by atoms with Crippen LogP contribution in [0.1, 0.15) is 18.4 Å². The number of aliphatic imine (C=N–C) groups is 1. The number of unbranched alkanes of at least 4 members (excludes halogenated alkanes) is 1. The first kappa shape index (κ1) is 26.0. The maximum atomic E-state index is 13.0. The Hall–Kier alpha value is -1.27. The highest BCUT2D eigenvalue weighted by molar-refractivity contribution is 14.0. The standard InChI is InChI=1S/C21H32F3N5O.HI/c1-25-20(26-7-2-3-8-27-13-15-30-16-14-27)29-11-9-28(10-12-29)19-6-4-5-18(17-19)21(22,23)24;/h4-6,17H,2-3,7-16H2,1H3,(H,25,26);1H. The van der Waals surface area contributed by atoms with Gasteiger partial charge in [-0.25, -0.2) is 0 Å². The molecule has 2 aliphatic heterocycles. The lowest BCUT2D eigenvalue weighted by Crippen LogP contribution is -2.52. The Bertz CT molecular complexity index is 690. The molecule has 2 saturated heterocycles. The topological polar surface area (TPSA) is 43.3 Å². The molecule has 0 saturated carbocycles. The van der Waals surface area contributed by atoms with Crippen LogP contribution in [0.5, 0.6) is 0 Å². The number of nitrogens with zero attached hydrogens (tertiary/aromatic N) is 4. The van der Waals surface area contributed by atoms with Gasteiger partial charge >= 0.3 is 6.18 Å². The van der Waals surface area contributed by atoms with Gasteiger partial charge in [-0.3, -0.25) is 9.89 Å². The molecule has 31 heavy (non-hydrogen) atoms. The SMILES string of the molecule is CN=C(NCCCCN1CCOCC1)N1CCN(c2cccc(C(F)(F)F)c2)CC1.I. The smallest absolute Gasteiger partial charge is 0.379 e. The van der Waals surface area contributed by atoms with Crippen molar-refractivity contribution in [3.8, 4) is 0 Å². The summed E-state index contributed by atoms with van der Waals surface area (Å²) in [6.07, 6.45) is -2.11. The lowest BCUT2D eigenvalue weighted by Gasteiger charge is -2.38. The summed E-state index contributed by atoms with van der Waals surface area (Å²) < 4.78 is 44.3. The number of piperazine rings is 1. The van der Waals surface area contributed by atoms with Crippen molar-refractivity contribution in [2.45, 2.75) is 19.0 Å². The number of benzene rings is 1. The zero-order chi connectivity index (χ0) is 21.4. The van der Waals surface area contributed by atoms with Crippen LogP contribution in [0, 0.1) is 0 Å². The summed E-state index contributed by atoms with van der Waals surface area (Å²) in [6.45, 7) is 8.45. The third kappa shape index (κ3) is 7.98. The summed E-state index contributed by atoms with van der Waals surface area (Å²) in [5, 5.41) is 3.43. The van der Waals surface area contributed by atoms with Gasteiger partial charge in [0.1, 0.15) is 0 Å². The third-order valence-corrected chi connectivity index (χ3v) is 5.62. The summed E-state index contributed by atoms with van der Waals surface area (Å²) in [6, 6.07) is 5.57. The molecule has 1 aromatic rings. The normalized spacial score (nSPS) is 18.6. The van der Waals surface area contributed by atoms with Crippen LogP contribution in [0.2, 0.25) is 0 Å². The second-order valence-electron chi connectivity index (χ2n) is 7.66. The second-order valence-corrected chi connectivity index (χ2v) is 7.66. The van der Waals surface area contributed by atoms with Gasteiger partial charge in [0.25, 0.3) is 0 Å². The van der Waals surface area contributed by atoms with Gasteiger partial charge in [-0.05, 0) is 37.6 Å². The van der Waals surface area contributed by atoms with Crippen LogP contribution in [-0.2, 0) is 10.9 Å². The lowest BCUT2D eigenvalue weighted by atomic mass is 10.1. The molecule has 0 spiro atoms. The predicted octanol–water partition coefficient (Wildman–Crippen LogP) is 3.13. The minimum absolute atomic E-state index is 0. The minimum Gasteiger partial charge on any atom is -0.379 e. The summed E-state index contributed by atoms with van der Waals surface area (Å²) >= 11 is 0. The summed E-state index contributed by atoms with van der Waals surface area (Å²) in [5.74, 6) is 0.866. The first-order valence-corrected chi connectivity index (χ1v) is 10.7. The Morgan fingerprint density at radius 3 is 2.42 bits per heavy atom. The average molecular weight is 555 g/mol. The van der Waals surface area contributed by atoms with Gasteiger partial charge in [0.15, 0.2) is 5.96 Å². The predicted molar refractivity (Wildman–Crippen MR) is 128 cm³/mol. The molecule has 0 aliphatic carbocycles. The number of hydrogen-bond acceptors (Lipinski definition) is 4. The van der Waals surface area contributed by atoms with E-state index in [1.807, 2.05) is 4.90 Å². The molecule has 2 aliphatic rings. The summed E-state index contributed by atoms with van der Waals surface area (Å²) in [7, 11) is 1.77. The molecule has 0 aromatic heterocycles. The molecule has 0 unspecified atom stereocenters. The second kappa shape index (κ2) is 12.7. The minimum atomic E-state index is -4.31. The van der Waals surface area contributed by atoms with Crippen LogP contribution < -0.4 is 10.2 Å². The third-order valence-electron chi connectivity index (χ3n) is 5.62. The number of hydrogen-bond donors (Lipinski definition) is 1. The molecule has 6 nitrogen and oxygen atoms in total. The number of alkyl halides is 3. The van der Waals surface area contributed by atoms with E-state index in [2.05, 4.69) is 20.1 Å². The molecule has 2 fully saturated rings. The van der Waals surface area contributed by atoms with E-state index in [4.69, 9.17) is 4.74 Å². The number of guanidine groups is 1. The van der Waals surface area contributed by atoms with Gasteiger partial charge in [-0.1, -0.05) is 6.07 Å². The van der Waals surface area contributed by atoms with E-state index in [0.29, 0.717) is 18.8 Å². The van der Waals surface area contributed by atoms with E-state index in [1.165, 1.54) is 12.1 Å². The van der Waals surface area contributed by atoms with Crippen LogP contribution in [0.3, 0.4) is 0 Å². The Morgan fingerprint density at radius 2 is 1.77 bits per heavy atom. The lowest BCUT2D eigenvalue weighted by molar-refractivity contribution is -0.137. The highest BCUT2D eigenvalue weighted by Crippen LogP contribution is 2.31. The number of ether oxygens (including phenoxy) is 1. The first-order chi connectivity index (χ1) is 14.5. The molecule has 3 rings (SSSR count). The van der Waals surface area contributed by atoms with Crippen LogP contribution >= 0.6 is 24.0 Å². The fourth-order valence-corrected chi connectivity index (χ4v) is 3.87. The fourth-order valence-electron chi connectivity index (χ4n) is 3.87. The maximum Gasteiger partial charge on any atom is 0.416 e. The summed E-state index contributed by atoms with van der Waals surface area (Å²) in [4.78, 5) is 11.0. The zero-order valence-electron chi connectivity index (χ0n) is 18.0. The van der Waals surface area contributed by atoms with Crippen molar-refractivity contribution in [1.29, 1.82) is 0 Å². The molecule has 0 atom stereocenters. The molecule has 10 heteroatoms. The van der Waals surface area contributed by atoms with E-state index in [0.717, 1.165) is 77.3 Å². The van der Waals surface area contributed by atoms with E-state index >= 15 is 0 Å². The molecule has 1 N–H and O–H groups in total. The quantitative estimate of drug-likeness (QED) is 0.253. The van der Waals surface area contributed by atoms with Gasteiger partial charge in [-0.2, -0.15) is 13.2 Å². The zero-order valence-corrected chi connectivity index (χ0v) is 20.4. The molecular formula is C21H33F3IN5O. The Balaban J connectivity index is 0.00000341. The Kier molecular flexibility index (Phi) is 10.6.